The van der Waals surface area contributed by atoms with Crippen LogP contribution in [0.3, 0.4) is 0 Å². The number of tetrazole rings is 1. The third-order valence-corrected chi connectivity index (χ3v) is 4.48. The Bertz CT molecular complexity index is 566. The number of rotatable bonds is 9. The van der Waals surface area contributed by atoms with Gasteiger partial charge < -0.3 is 5.32 Å². The van der Waals surface area contributed by atoms with Crippen LogP contribution in [0.15, 0.2) is 17.5 Å². The van der Waals surface area contributed by atoms with Gasteiger partial charge in [-0.2, -0.15) is 4.80 Å². The van der Waals surface area contributed by atoms with Crippen molar-refractivity contribution in [1.29, 1.82) is 0 Å². The van der Waals surface area contributed by atoms with Crippen molar-refractivity contribution in [2.75, 3.05) is 6.54 Å². The Balaban J connectivity index is 1.79. The molecular formula is C15H23N5OS. The molecule has 0 fully saturated rings. The Morgan fingerprint density at radius 2 is 2.32 bits per heavy atom. The summed E-state index contributed by atoms with van der Waals surface area (Å²) in [5.74, 6) is 1.05. The average molecular weight is 321 g/mol. The summed E-state index contributed by atoms with van der Waals surface area (Å²) in [6.07, 6.45) is 4.66. The van der Waals surface area contributed by atoms with Gasteiger partial charge in [-0.05, 0) is 29.0 Å². The third-order valence-electron chi connectivity index (χ3n) is 3.61. The summed E-state index contributed by atoms with van der Waals surface area (Å²) in [5.41, 5.74) is 0. The quantitative estimate of drug-likeness (QED) is 0.771. The number of carbonyl (C=O) groups excluding carboxylic acids is 1. The fourth-order valence-corrected chi connectivity index (χ4v) is 2.85. The minimum atomic E-state index is -0.0647. The summed E-state index contributed by atoms with van der Waals surface area (Å²) in [6, 6.07) is 3.88. The van der Waals surface area contributed by atoms with Crippen LogP contribution in [-0.2, 0) is 11.3 Å². The number of unbranched alkanes of at least 4 members (excludes halogenated alkanes) is 1. The summed E-state index contributed by atoms with van der Waals surface area (Å²) in [4.78, 5) is 14.3. The third kappa shape index (κ3) is 4.91. The van der Waals surface area contributed by atoms with E-state index in [0.29, 0.717) is 11.7 Å². The van der Waals surface area contributed by atoms with E-state index in [-0.39, 0.29) is 12.5 Å². The van der Waals surface area contributed by atoms with E-state index in [1.165, 1.54) is 17.6 Å². The van der Waals surface area contributed by atoms with Crippen molar-refractivity contribution in [3.63, 3.8) is 0 Å². The lowest BCUT2D eigenvalue weighted by Crippen LogP contribution is -2.32. The molecule has 22 heavy (non-hydrogen) atoms. The van der Waals surface area contributed by atoms with E-state index in [4.69, 9.17) is 0 Å². The van der Waals surface area contributed by atoms with Gasteiger partial charge in [0.1, 0.15) is 6.54 Å². The number of nitrogens with zero attached hydrogens (tertiary/aromatic N) is 4. The van der Waals surface area contributed by atoms with Gasteiger partial charge in [-0.1, -0.05) is 39.2 Å². The van der Waals surface area contributed by atoms with Crippen molar-refractivity contribution in [2.24, 2.45) is 5.92 Å². The molecule has 6 nitrogen and oxygen atoms in total. The van der Waals surface area contributed by atoms with Crippen molar-refractivity contribution in [3.8, 4) is 10.7 Å². The van der Waals surface area contributed by atoms with Crippen LogP contribution in [0, 0.1) is 5.92 Å². The lowest BCUT2D eigenvalue weighted by Gasteiger charge is -2.14. The Hall–Kier alpha value is -1.76. The molecule has 1 atom stereocenters. The molecule has 2 aromatic rings. The fraction of sp³-hybridized carbons (Fsp3) is 0.600. The van der Waals surface area contributed by atoms with Crippen LogP contribution in [0.25, 0.3) is 10.7 Å². The van der Waals surface area contributed by atoms with Gasteiger partial charge in [0, 0.05) is 6.54 Å². The molecule has 2 heterocycles. The number of thiophene rings is 1. The molecular weight excluding hydrogens is 298 g/mol. The van der Waals surface area contributed by atoms with E-state index in [1.54, 1.807) is 11.3 Å². The number of carbonyl (C=O) groups is 1. The summed E-state index contributed by atoms with van der Waals surface area (Å²) in [5, 5.41) is 17.1. The smallest absolute Gasteiger partial charge is 0.243 e. The first-order valence-corrected chi connectivity index (χ1v) is 8.69. The second kappa shape index (κ2) is 8.63. The number of hydrogen-bond acceptors (Lipinski definition) is 5. The molecule has 2 aromatic heterocycles. The number of amides is 1. The van der Waals surface area contributed by atoms with E-state index in [9.17, 15) is 4.79 Å². The minimum Gasteiger partial charge on any atom is -0.354 e. The Morgan fingerprint density at radius 3 is 3.00 bits per heavy atom. The standard InChI is InChI=1S/C15H23N5OS/c1-3-5-7-12(4-2)10-16-14(21)11-20-18-15(17-19-20)13-8-6-9-22-13/h6,8-9,12H,3-5,7,10-11H2,1-2H3,(H,16,21)/t12-/m1/s1. The summed E-state index contributed by atoms with van der Waals surface area (Å²) in [6.45, 7) is 5.19. The topological polar surface area (TPSA) is 72.7 Å². The highest BCUT2D eigenvalue weighted by Crippen LogP contribution is 2.19. The highest BCUT2D eigenvalue weighted by atomic mass is 32.1. The van der Waals surface area contributed by atoms with Crippen LogP contribution in [0.2, 0.25) is 0 Å². The maximum Gasteiger partial charge on any atom is 0.243 e. The van der Waals surface area contributed by atoms with Gasteiger partial charge in [-0.3, -0.25) is 4.79 Å². The predicted molar refractivity (Wildman–Crippen MR) is 87.4 cm³/mol. The molecule has 0 saturated heterocycles. The fourth-order valence-electron chi connectivity index (χ4n) is 2.20. The molecule has 0 radical (unpaired) electrons. The first kappa shape index (κ1) is 16.6. The van der Waals surface area contributed by atoms with Crippen LogP contribution >= 0.6 is 11.3 Å². The molecule has 0 bridgehead atoms. The number of aromatic nitrogens is 4. The van der Waals surface area contributed by atoms with Crippen molar-refractivity contribution in [3.05, 3.63) is 17.5 Å². The van der Waals surface area contributed by atoms with E-state index in [1.807, 2.05) is 17.5 Å². The lowest BCUT2D eigenvalue weighted by atomic mass is 9.99. The zero-order chi connectivity index (χ0) is 15.8. The van der Waals surface area contributed by atoms with Gasteiger partial charge in [0.2, 0.25) is 11.7 Å². The molecule has 0 aromatic carbocycles. The second-order valence-corrected chi connectivity index (χ2v) is 6.29. The lowest BCUT2D eigenvalue weighted by molar-refractivity contribution is -0.122. The van der Waals surface area contributed by atoms with Crippen molar-refractivity contribution >= 4 is 17.2 Å². The molecule has 120 valence electrons. The van der Waals surface area contributed by atoms with E-state index < -0.39 is 0 Å². The Morgan fingerprint density at radius 1 is 1.45 bits per heavy atom. The molecule has 2 rings (SSSR count). The van der Waals surface area contributed by atoms with E-state index in [2.05, 4.69) is 34.6 Å². The van der Waals surface area contributed by atoms with Crippen molar-refractivity contribution in [1.82, 2.24) is 25.5 Å². The largest absolute Gasteiger partial charge is 0.354 e. The summed E-state index contributed by atoms with van der Waals surface area (Å²) < 4.78 is 0. The van der Waals surface area contributed by atoms with E-state index in [0.717, 1.165) is 24.3 Å². The zero-order valence-corrected chi connectivity index (χ0v) is 14.0. The molecule has 7 heteroatoms. The highest BCUT2D eigenvalue weighted by Gasteiger charge is 2.11. The first-order chi connectivity index (χ1) is 10.7. The van der Waals surface area contributed by atoms with Gasteiger partial charge in [0.05, 0.1) is 4.88 Å². The Kier molecular flexibility index (Phi) is 6.51. The first-order valence-electron chi connectivity index (χ1n) is 7.81. The molecule has 0 saturated carbocycles. The molecule has 0 spiro atoms. The molecule has 0 aliphatic rings. The van der Waals surface area contributed by atoms with E-state index >= 15 is 0 Å². The molecule has 0 aliphatic carbocycles. The molecule has 1 N–H and O–H groups in total. The van der Waals surface area contributed by atoms with Gasteiger partial charge >= 0.3 is 0 Å². The van der Waals surface area contributed by atoms with Gasteiger partial charge in [0.15, 0.2) is 0 Å². The zero-order valence-electron chi connectivity index (χ0n) is 13.2. The predicted octanol–water partition coefficient (Wildman–Crippen LogP) is 2.73. The second-order valence-electron chi connectivity index (χ2n) is 5.34. The maximum absolute atomic E-state index is 12.0. The Labute approximate surface area is 134 Å². The average Bonchev–Trinajstić information content (AvgIpc) is 3.18. The summed E-state index contributed by atoms with van der Waals surface area (Å²) >= 11 is 1.55. The minimum absolute atomic E-state index is 0.0647. The van der Waals surface area contributed by atoms with Crippen LogP contribution < -0.4 is 5.32 Å². The normalized spacial score (nSPS) is 12.3. The summed E-state index contributed by atoms with van der Waals surface area (Å²) in [7, 11) is 0. The van der Waals surface area contributed by atoms with Crippen molar-refractivity contribution in [2.45, 2.75) is 46.1 Å². The highest BCUT2D eigenvalue weighted by molar-refractivity contribution is 7.13. The van der Waals surface area contributed by atoms with Crippen LogP contribution in [0.5, 0.6) is 0 Å². The maximum atomic E-state index is 12.0. The SMILES string of the molecule is CCCC[C@@H](CC)CNC(=O)Cn1nnc(-c2cccs2)n1. The number of hydrogen-bond donors (Lipinski definition) is 1. The van der Waals surface area contributed by atoms with Crippen LogP contribution in [-0.4, -0.2) is 32.7 Å². The van der Waals surface area contributed by atoms with Gasteiger partial charge in [-0.15, -0.1) is 21.5 Å². The molecule has 0 aliphatic heterocycles. The van der Waals surface area contributed by atoms with Crippen molar-refractivity contribution < 1.29 is 4.79 Å². The monoisotopic (exact) mass is 321 g/mol. The van der Waals surface area contributed by atoms with Crippen LogP contribution in [0.4, 0.5) is 0 Å². The molecule has 0 unspecified atom stereocenters. The van der Waals surface area contributed by atoms with Gasteiger partial charge in [0.25, 0.3) is 0 Å². The molecule has 1 amide bonds. The number of nitrogens with one attached hydrogen (secondary N) is 1. The van der Waals surface area contributed by atoms with Crippen LogP contribution in [0.1, 0.15) is 39.5 Å². The van der Waals surface area contributed by atoms with Gasteiger partial charge in [-0.25, -0.2) is 0 Å².